The van der Waals surface area contributed by atoms with E-state index in [1.54, 1.807) is 0 Å². The van der Waals surface area contributed by atoms with E-state index in [2.05, 4.69) is 43.4 Å². The van der Waals surface area contributed by atoms with Gasteiger partial charge >= 0.3 is 0 Å². The van der Waals surface area contributed by atoms with E-state index >= 15 is 0 Å². The van der Waals surface area contributed by atoms with E-state index < -0.39 is 0 Å². The third-order valence-electron chi connectivity index (χ3n) is 2.66. The molecule has 0 amide bonds. The van der Waals surface area contributed by atoms with Gasteiger partial charge in [0.1, 0.15) is 0 Å². The Kier molecular flexibility index (Phi) is 6.12. The summed E-state index contributed by atoms with van der Waals surface area (Å²) in [6.45, 7) is 6.00. The highest BCUT2D eigenvalue weighted by Gasteiger charge is 2.10. The average molecular weight is 221 g/mol. The summed E-state index contributed by atoms with van der Waals surface area (Å²) in [6, 6.07) is 8.59. The van der Waals surface area contributed by atoms with Gasteiger partial charge in [0.05, 0.1) is 6.10 Å². The zero-order chi connectivity index (χ0) is 11.8. The van der Waals surface area contributed by atoms with Crippen molar-refractivity contribution in [3.8, 4) is 0 Å². The lowest BCUT2D eigenvalue weighted by Gasteiger charge is -2.18. The Morgan fingerprint density at radius 1 is 1.25 bits per heavy atom. The van der Waals surface area contributed by atoms with E-state index in [9.17, 15) is 0 Å². The molecule has 0 radical (unpaired) electrons. The molecule has 0 spiro atoms. The fourth-order valence-electron chi connectivity index (χ4n) is 1.61. The summed E-state index contributed by atoms with van der Waals surface area (Å²) in [5.41, 5.74) is 2.55. The predicted octanol–water partition coefficient (Wildman–Crippen LogP) is 3.07. The van der Waals surface area contributed by atoms with E-state index in [1.807, 2.05) is 7.05 Å². The Morgan fingerprint density at radius 3 is 2.50 bits per heavy atom. The normalized spacial score (nSPS) is 12.7. The maximum Gasteiger partial charge on any atom is 0.0949 e. The second-order valence-corrected chi connectivity index (χ2v) is 4.18. The van der Waals surface area contributed by atoms with Crippen molar-refractivity contribution in [2.75, 3.05) is 20.2 Å². The van der Waals surface area contributed by atoms with E-state index in [0.29, 0.717) is 0 Å². The molecule has 1 atom stereocenters. The van der Waals surface area contributed by atoms with Crippen LogP contribution in [0, 0.1) is 6.92 Å². The Balaban J connectivity index is 2.57. The summed E-state index contributed by atoms with van der Waals surface area (Å²) in [4.78, 5) is 0. The van der Waals surface area contributed by atoms with Crippen LogP contribution in [-0.2, 0) is 4.74 Å². The van der Waals surface area contributed by atoms with Gasteiger partial charge in [0, 0.05) is 13.2 Å². The predicted molar refractivity (Wildman–Crippen MR) is 68.7 cm³/mol. The van der Waals surface area contributed by atoms with Gasteiger partial charge in [-0.25, -0.2) is 0 Å². The van der Waals surface area contributed by atoms with Gasteiger partial charge in [-0.05, 0) is 26.0 Å². The lowest BCUT2D eigenvalue weighted by atomic mass is 10.1. The number of benzene rings is 1. The highest BCUT2D eigenvalue weighted by atomic mass is 16.5. The van der Waals surface area contributed by atoms with E-state index in [-0.39, 0.29) is 6.10 Å². The number of hydrogen-bond acceptors (Lipinski definition) is 2. The third-order valence-corrected chi connectivity index (χ3v) is 2.66. The molecule has 2 heteroatoms. The second kappa shape index (κ2) is 7.42. The van der Waals surface area contributed by atoms with Crippen LogP contribution >= 0.6 is 0 Å². The molecule has 16 heavy (non-hydrogen) atoms. The molecule has 0 bridgehead atoms. The van der Waals surface area contributed by atoms with Gasteiger partial charge in [0.15, 0.2) is 0 Å². The summed E-state index contributed by atoms with van der Waals surface area (Å²) >= 11 is 0. The standard InChI is InChI=1S/C14H23NO/c1-4-5-10-16-14(11-15-3)13-8-6-12(2)7-9-13/h6-9,14-15H,4-5,10-11H2,1-3H3. The minimum atomic E-state index is 0.178. The maximum atomic E-state index is 5.89. The lowest BCUT2D eigenvalue weighted by molar-refractivity contribution is 0.0519. The van der Waals surface area contributed by atoms with Crippen LogP contribution in [0.15, 0.2) is 24.3 Å². The second-order valence-electron chi connectivity index (χ2n) is 4.18. The van der Waals surface area contributed by atoms with Crippen molar-refractivity contribution in [1.82, 2.24) is 5.32 Å². The first-order valence-corrected chi connectivity index (χ1v) is 6.10. The van der Waals surface area contributed by atoms with Crippen LogP contribution in [0.25, 0.3) is 0 Å². The molecule has 0 aliphatic carbocycles. The molecule has 1 rings (SSSR count). The molecule has 1 aromatic carbocycles. The first-order chi connectivity index (χ1) is 7.77. The summed E-state index contributed by atoms with van der Waals surface area (Å²) in [6.07, 6.45) is 2.49. The number of hydrogen-bond donors (Lipinski definition) is 1. The van der Waals surface area contributed by atoms with Crippen molar-refractivity contribution in [1.29, 1.82) is 0 Å². The van der Waals surface area contributed by atoms with Gasteiger partial charge in [-0.3, -0.25) is 0 Å². The Bertz CT molecular complexity index is 281. The van der Waals surface area contributed by atoms with Crippen molar-refractivity contribution < 1.29 is 4.74 Å². The number of nitrogens with one attached hydrogen (secondary N) is 1. The number of ether oxygens (including phenoxy) is 1. The number of aryl methyl sites for hydroxylation is 1. The Morgan fingerprint density at radius 2 is 1.94 bits per heavy atom. The minimum Gasteiger partial charge on any atom is -0.372 e. The van der Waals surface area contributed by atoms with Crippen LogP contribution in [0.2, 0.25) is 0 Å². The molecule has 90 valence electrons. The highest BCUT2D eigenvalue weighted by molar-refractivity contribution is 5.23. The van der Waals surface area contributed by atoms with Crippen LogP contribution in [0.5, 0.6) is 0 Å². The SMILES string of the molecule is CCCCOC(CNC)c1ccc(C)cc1. The van der Waals surface area contributed by atoms with Gasteiger partial charge in [-0.1, -0.05) is 43.2 Å². The summed E-state index contributed by atoms with van der Waals surface area (Å²) in [5, 5.41) is 3.18. The van der Waals surface area contributed by atoms with Crippen molar-refractivity contribution in [2.24, 2.45) is 0 Å². The molecule has 1 aromatic rings. The van der Waals surface area contributed by atoms with Gasteiger partial charge in [0.2, 0.25) is 0 Å². The van der Waals surface area contributed by atoms with Gasteiger partial charge in [0.25, 0.3) is 0 Å². The summed E-state index contributed by atoms with van der Waals surface area (Å²) in [5.74, 6) is 0. The monoisotopic (exact) mass is 221 g/mol. The molecule has 0 saturated carbocycles. The van der Waals surface area contributed by atoms with Crippen LogP contribution in [0.1, 0.15) is 37.0 Å². The fraction of sp³-hybridized carbons (Fsp3) is 0.571. The molecule has 1 N–H and O–H groups in total. The average Bonchev–Trinajstić information content (AvgIpc) is 2.29. The lowest BCUT2D eigenvalue weighted by Crippen LogP contribution is -2.20. The van der Waals surface area contributed by atoms with Crippen molar-refractivity contribution >= 4 is 0 Å². The van der Waals surface area contributed by atoms with E-state index in [0.717, 1.165) is 19.6 Å². The molecule has 2 nitrogen and oxygen atoms in total. The molecule has 0 aromatic heterocycles. The first-order valence-electron chi connectivity index (χ1n) is 6.10. The van der Waals surface area contributed by atoms with Crippen LogP contribution in [0.4, 0.5) is 0 Å². The van der Waals surface area contributed by atoms with Gasteiger partial charge in [-0.2, -0.15) is 0 Å². The molecule has 0 saturated heterocycles. The van der Waals surface area contributed by atoms with E-state index in [4.69, 9.17) is 4.74 Å². The van der Waals surface area contributed by atoms with Gasteiger partial charge < -0.3 is 10.1 Å². The fourth-order valence-corrected chi connectivity index (χ4v) is 1.61. The van der Waals surface area contributed by atoms with Crippen LogP contribution in [-0.4, -0.2) is 20.2 Å². The van der Waals surface area contributed by atoms with Crippen LogP contribution < -0.4 is 5.32 Å². The molecule has 0 aliphatic rings. The van der Waals surface area contributed by atoms with E-state index in [1.165, 1.54) is 17.5 Å². The molecule has 0 aliphatic heterocycles. The minimum absolute atomic E-state index is 0.178. The topological polar surface area (TPSA) is 21.3 Å². The Labute approximate surface area is 99.0 Å². The summed E-state index contributed by atoms with van der Waals surface area (Å²) in [7, 11) is 1.96. The smallest absolute Gasteiger partial charge is 0.0949 e. The maximum absolute atomic E-state index is 5.89. The zero-order valence-corrected chi connectivity index (χ0v) is 10.6. The van der Waals surface area contributed by atoms with Crippen LogP contribution in [0.3, 0.4) is 0 Å². The van der Waals surface area contributed by atoms with Crippen molar-refractivity contribution in [3.63, 3.8) is 0 Å². The largest absolute Gasteiger partial charge is 0.372 e. The number of unbranched alkanes of at least 4 members (excludes halogenated alkanes) is 1. The summed E-state index contributed by atoms with van der Waals surface area (Å²) < 4.78 is 5.89. The highest BCUT2D eigenvalue weighted by Crippen LogP contribution is 2.17. The molecular formula is C14H23NO. The number of rotatable bonds is 7. The molecule has 0 fully saturated rings. The van der Waals surface area contributed by atoms with Gasteiger partial charge in [-0.15, -0.1) is 0 Å². The number of likely N-dealkylation sites (N-methyl/N-ethyl adjacent to an activating group) is 1. The van der Waals surface area contributed by atoms with Crippen molar-refractivity contribution in [2.45, 2.75) is 32.8 Å². The van der Waals surface area contributed by atoms with Crippen molar-refractivity contribution in [3.05, 3.63) is 35.4 Å². The molecular weight excluding hydrogens is 198 g/mol. The molecule has 0 heterocycles. The zero-order valence-electron chi connectivity index (χ0n) is 10.6. The Hall–Kier alpha value is -0.860. The quantitative estimate of drug-likeness (QED) is 0.714. The third kappa shape index (κ3) is 4.33. The first kappa shape index (κ1) is 13.2. The molecule has 1 unspecified atom stereocenters.